The maximum Gasteiger partial charge on any atom is 0.244 e. The normalized spacial score (nSPS) is 20.5. The molecular formula is C17H27N3O2. The average molecular weight is 305 g/mol. The lowest BCUT2D eigenvalue weighted by Gasteiger charge is -2.40. The van der Waals surface area contributed by atoms with Gasteiger partial charge in [-0.15, -0.1) is 0 Å². The lowest BCUT2D eigenvalue weighted by molar-refractivity contribution is -0.136. The lowest BCUT2D eigenvalue weighted by Crippen LogP contribution is -2.54. The number of carbonyl (C=O) groups excluding carboxylic acids is 1. The molecule has 0 saturated carbocycles. The number of likely N-dealkylation sites (N-methyl/N-ethyl adjacent to an activating group) is 1. The molecule has 1 amide bonds. The number of benzene rings is 1. The average Bonchev–Trinajstić information content (AvgIpc) is 2.51. The van der Waals surface area contributed by atoms with Gasteiger partial charge in [-0.2, -0.15) is 0 Å². The van der Waals surface area contributed by atoms with Gasteiger partial charge in [-0.3, -0.25) is 9.69 Å². The Morgan fingerprint density at radius 2 is 2.18 bits per heavy atom. The second-order valence-corrected chi connectivity index (χ2v) is 5.90. The Bertz CT molecular complexity index is 504. The molecule has 2 rings (SSSR count). The molecule has 1 aliphatic rings. The van der Waals surface area contributed by atoms with Crippen molar-refractivity contribution in [1.82, 2.24) is 15.1 Å². The number of nitrogens with one attached hydrogen (secondary N) is 1. The fourth-order valence-electron chi connectivity index (χ4n) is 2.93. The highest BCUT2D eigenvalue weighted by molar-refractivity contribution is 5.83. The summed E-state index contributed by atoms with van der Waals surface area (Å²) in [6.45, 7) is 7.37. The number of nitrogens with zero attached hydrogens (tertiary/aromatic N) is 2. The minimum atomic E-state index is -0.296. The maximum atomic E-state index is 12.9. The van der Waals surface area contributed by atoms with E-state index in [1.165, 1.54) is 0 Å². The SMILES string of the molecule is CCOc1ccccc1C(C(=O)N(C)C)N1CCNCC1C. The van der Waals surface area contributed by atoms with E-state index in [1.807, 2.05) is 45.3 Å². The molecule has 22 heavy (non-hydrogen) atoms. The van der Waals surface area contributed by atoms with Crippen molar-refractivity contribution in [3.8, 4) is 5.75 Å². The van der Waals surface area contributed by atoms with Crippen LogP contribution in [-0.2, 0) is 4.79 Å². The Labute approximate surface area is 133 Å². The van der Waals surface area contributed by atoms with E-state index >= 15 is 0 Å². The van der Waals surface area contributed by atoms with Crippen LogP contribution in [0.15, 0.2) is 24.3 Å². The smallest absolute Gasteiger partial charge is 0.244 e. The van der Waals surface area contributed by atoms with Crippen LogP contribution in [0.25, 0.3) is 0 Å². The van der Waals surface area contributed by atoms with E-state index in [2.05, 4.69) is 17.1 Å². The van der Waals surface area contributed by atoms with Gasteiger partial charge >= 0.3 is 0 Å². The van der Waals surface area contributed by atoms with Gasteiger partial charge in [0.25, 0.3) is 0 Å². The summed E-state index contributed by atoms with van der Waals surface area (Å²) >= 11 is 0. The zero-order valence-electron chi connectivity index (χ0n) is 14.0. The highest BCUT2D eigenvalue weighted by Crippen LogP contribution is 2.32. The molecule has 0 aliphatic carbocycles. The summed E-state index contributed by atoms with van der Waals surface area (Å²) < 4.78 is 5.76. The molecule has 1 fully saturated rings. The van der Waals surface area contributed by atoms with Gasteiger partial charge in [0, 0.05) is 45.3 Å². The minimum Gasteiger partial charge on any atom is -0.494 e. The molecule has 5 heteroatoms. The third-order valence-corrected chi connectivity index (χ3v) is 4.07. The fraction of sp³-hybridized carbons (Fsp3) is 0.588. The van der Waals surface area contributed by atoms with Crippen LogP contribution < -0.4 is 10.1 Å². The largest absolute Gasteiger partial charge is 0.494 e. The van der Waals surface area contributed by atoms with Crippen molar-refractivity contribution in [2.24, 2.45) is 0 Å². The number of amides is 1. The molecule has 1 aromatic rings. The van der Waals surface area contributed by atoms with Crippen molar-refractivity contribution in [3.05, 3.63) is 29.8 Å². The molecular weight excluding hydrogens is 278 g/mol. The summed E-state index contributed by atoms with van der Waals surface area (Å²) in [4.78, 5) is 16.8. The molecule has 0 radical (unpaired) electrons. The van der Waals surface area contributed by atoms with E-state index in [4.69, 9.17) is 4.74 Å². The molecule has 2 unspecified atom stereocenters. The first-order valence-electron chi connectivity index (χ1n) is 7.95. The number of para-hydroxylation sites is 1. The van der Waals surface area contributed by atoms with Crippen LogP contribution in [0, 0.1) is 0 Å². The Kier molecular flexibility index (Phi) is 5.80. The van der Waals surface area contributed by atoms with E-state index in [9.17, 15) is 4.79 Å². The zero-order valence-corrected chi connectivity index (χ0v) is 14.0. The summed E-state index contributed by atoms with van der Waals surface area (Å²) in [6, 6.07) is 7.88. The van der Waals surface area contributed by atoms with E-state index in [0.717, 1.165) is 30.9 Å². The van der Waals surface area contributed by atoms with Crippen molar-refractivity contribution < 1.29 is 9.53 Å². The van der Waals surface area contributed by atoms with E-state index in [-0.39, 0.29) is 11.9 Å². The number of hydrogen-bond donors (Lipinski definition) is 1. The fourth-order valence-corrected chi connectivity index (χ4v) is 2.93. The lowest BCUT2D eigenvalue weighted by atomic mass is 10.00. The second kappa shape index (κ2) is 7.61. The Morgan fingerprint density at radius 3 is 2.82 bits per heavy atom. The number of ether oxygens (including phenoxy) is 1. The van der Waals surface area contributed by atoms with Crippen molar-refractivity contribution in [3.63, 3.8) is 0 Å². The van der Waals surface area contributed by atoms with Crippen LogP contribution in [0.2, 0.25) is 0 Å². The molecule has 5 nitrogen and oxygen atoms in total. The third-order valence-electron chi connectivity index (χ3n) is 4.07. The van der Waals surface area contributed by atoms with Gasteiger partial charge in [0.05, 0.1) is 6.61 Å². The van der Waals surface area contributed by atoms with Gasteiger partial charge in [-0.25, -0.2) is 0 Å². The highest BCUT2D eigenvalue weighted by atomic mass is 16.5. The van der Waals surface area contributed by atoms with Crippen LogP contribution >= 0.6 is 0 Å². The molecule has 0 aromatic heterocycles. The summed E-state index contributed by atoms with van der Waals surface area (Å²) in [5.74, 6) is 0.900. The number of piperazine rings is 1. The van der Waals surface area contributed by atoms with E-state index in [0.29, 0.717) is 12.6 Å². The number of carbonyl (C=O) groups is 1. The van der Waals surface area contributed by atoms with Gasteiger partial charge in [0.15, 0.2) is 0 Å². The standard InChI is InChI=1S/C17H27N3O2/c1-5-22-15-9-7-6-8-14(15)16(17(21)19(3)4)20-11-10-18-12-13(20)2/h6-9,13,16,18H,5,10-12H2,1-4H3. The second-order valence-electron chi connectivity index (χ2n) is 5.90. The molecule has 1 heterocycles. The van der Waals surface area contributed by atoms with Crippen molar-refractivity contribution in [2.45, 2.75) is 25.9 Å². The van der Waals surface area contributed by atoms with E-state index in [1.54, 1.807) is 4.90 Å². The van der Waals surface area contributed by atoms with Crippen LogP contribution in [0.3, 0.4) is 0 Å². The molecule has 122 valence electrons. The molecule has 1 aromatic carbocycles. The molecule has 0 bridgehead atoms. The van der Waals surface area contributed by atoms with Gasteiger partial charge in [-0.1, -0.05) is 18.2 Å². The van der Waals surface area contributed by atoms with Crippen LogP contribution in [-0.4, -0.2) is 62.1 Å². The quantitative estimate of drug-likeness (QED) is 0.895. The zero-order chi connectivity index (χ0) is 16.1. The minimum absolute atomic E-state index is 0.0981. The Hall–Kier alpha value is -1.59. The molecule has 1 aliphatic heterocycles. The van der Waals surface area contributed by atoms with Crippen molar-refractivity contribution >= 4 is 5.91 Å². The summed E-state index contributed by atoms with van der Waals surface area (Å²) in [7, 11) is 3.62. The van der Waals surface area contributed by atoms with Gasteiger partial charge in [0.1, 0.15) is 11.8 Å². The number of rotatable bonds is 5. The van der Waals surface area contributed by atoms with E-state index < -0.39 is 0 Å². The van der Waals surface area contributed by atoms with Crippen LogP contribution in [0.4, 0.5) is 0 Å². The van der Waals surface area contributed by atoms with Gasteiger partial charge < -0.3 is 15.0 Å². The molecule has 0 spiro atoms. The first kappa shape index (κ1) is 16.8. The predicted octanol–water partition coefficient (Wildman–Crippen LogP) is 1.51. The Morgan fingerprint density at radius 1 is 1.45 bits per heavy atom. The first-order chi connectivity index (χ1) is 10.6. The molecule has 1 N–H and O–H groups in total. The maximum absolute atomic E-state index is 12.9. The monoisotopic (exact) mass is 305 g/mol. The number of hydrogen-bond acceptors (Lipinski definition) is 4. The Balaban J connectivity index is 2.42. The topological polar surface area (TPSA) is 44.8 Å². The summed E-state index contributed by atoms with van der Waals surface area (Å²) in [5.41, 5.74) is 0.955. The summed E-state index contributed by atoms with van der Waals surface area (Å²) in [6.07, 6.45) is 0. The first-order valence-corrected chi connectivity index (χ1v) is 7.95. The molecule has 2 atom stereocenters. The summed E-state index contributed by atoms with van der Waals surface area (Å²) in [5, 5.41) is 3.38. The van der Waals surface area contributed by atoms with Gasteiger partial charge in [-0.05, 0) is 19.9 Å². The molecule has 1 saturated heterocycles. The van der Waals surface area contributed by atoms with Crippen molar-refractivity contribution in [1.29, 1.82) is 0 Å². The highest BCUT2D eigenvalue weighted by Gasteiger charge is 2.35. The van der Waals surface area contributed by atoms with Crippen molar-refractivity contribution in [2.75, 3.05) is 40.3 Å². The van der Waals surface area contributed by atoms with Gasteiger partial charge in [0.2, 0.25) is 5.91 Å². The third kappa shape index (κ3) is 3.59. The van der Waals surface area contributed by atoms with Crippen LogP contribution in [0.1, 0.15) is 25.5 Å². The van der Waals surface area contributed by atoms with Crippen LogP contribution in [0.5, 0.6) is 5.75 Å². The predicted molar refractivity (Wildman–Crippen MR) is 88.1 cm³/mol.